The van der Waals surface area contributed by atoms with E-state index in [9.17, 15) is 24.0 Å². The van der Waals surface area contributed by atoms with E-state index in [2.05, 4.69) is 29.8 Å². The van der Waals surface area contributed by atoms with Crippen LogP contribution in [0.25, 0.3) is 0 Å². The van der Waals surface area contributed by atoms with E-state index in [1.165, 1.54) is 7.05 Å². The molecule has 4 rings (SSSR count). The number of ketones is 1. The number of nitrogens with zero attached hydrogens (tertiary/aromatic N) is 1. The predicted molar refractivity (Wildman–Crippen MR) is 144 cm³/mol. The Balaban J connectivity index is 1.55. The van der Waals surface area contributed by atoms with E-state index in [-0.39, 0.29) is 29.1 Å². The lowest BCUT2D eigenvalue weighted by Gasteiger charge is -2.37. The second-order valence-electron chi connectivity index (χ2n) is 13.6. The zero-order valence-electron chi connectivity index (χ0n) is 24.3. The number of piperidine rings is 1. The van der Waals surface area contributed by atoms with Gasteiger partial charge in [-0.15, -0.1) is 0 Å². The molecule has 3 N–H and O–H groups in total. The van der Waals surface area contributed by atoms with Gasteiger partial charge in [0.2, 0.25) is 17.6 Å². The molecule has 0 aromatic rings. The minimum absolute atomic E-state index is 0.0372. The summed E-state index contributed by atoms with van der Waals surface area (Å²) < 4.78 is 5.49. The fraction of sp³-hybridized carbons (Fsp3) is 0.828. The van der Waals surface area contributed by atoms with Gasteiger partial charge in [0.1, 0.15) is 17.7 Å². The first-order valence-corrected chi connectivity index (χ1v) is 14.6. The highest BCUT2D eigenvalue weighted by Crippen LogP contribution is 2.65. The number of hydrogen-bond donors (Lipinski definition) is 3. The zero-order valence-corrected chi connectivity index (χ0v) is 24.3. The van der Waals surface area contributed by atoms with Crippen molar-refractivity contribution in [2.45, 2.75) is 110 Å². The van der Waals surface area contributed by atoms with Crippen molar-refractivity contribution in [1.82, 2.24) is 20.9 Å². The quantitative estimate of drug-likeness (QED) is 0.381. The number of nitrogens with one attached hydrogen (secondary N) is 3. The smallest absolute Gasteiger partial charge is 0.408 e. The van der Waals surface area contributed by atoms with Crippen LogP contribution in [-0.4, -0.2) is 71.8 Å². The maximum atomic E-state index is 14.1. The number of ether oxygens (including phenoxy) is 1. The molecule has 10 heteroatoms. The lowest BCUT2D eigenvalue weighted by molar-refractivity contribution is -0.145. The van der Waals surface area contributed by atoms with Crippen molar-refractivity contribution < 1.29 is 28.7 Å². The zero-order chi connectivity index (χ0) is 28.7. The van der Waals surface area contributed by atoms with Crippen LogP contribution in [0.2, 0.25) is 0 Å². The van der Waals surface area contributed by atoms with Gasteiger partial charge in [0, 0.05) is 13.6 Å². The first kappa shape index (κ1) is 29.3. The molecular weight excluding hydrogens is 500 g/mol. The number of likely N-dealkylation sites (tertiary alicyclic amines) is 1. The molecule has 10 nitrogen and oxygen atoms in total. The summed E-state index contributed by atoms with van der Waals surface area (Å²) in [4.78, 5) is 67.3. The molecular formula is C29H46N4O6. The fourth-order valence-corrected chi connectivity index (χ4v) is 6.73. The number of rotatable bonds is 9. The van der Waals surface area contributed by atoms with Gasteiger partial charge in [-0.2, -0.15) is 0 Å². The number of hydrogen-bond acceptors (Lipinski definition) is 6. The Hall–Kier alpha value is -2.65. The second kappa shape index (κ2) is 11.1. The fourth-order valence-electron chi connectivity index (χ4n) is 6.73. The molecule has 4 aliphatic rings. The molecule has 0 aromatic heterocycles. The summed E-state index contributed by atoms with van der Waals surface area (Å²) in [5, 5.41) is 8.08. The third kappa shape index (κ3) is 6.57. The summed E-state index contributed by atoms with van der Waals surface area (Å²) >= 11 is 0. The SMILES string of the molecule is CNC(=O)C(=O)C(CC1CC1)NC(=O)[C@@H]1[C@@H]2[C@H](CN1C(=O)[C@@H](NC(=O)OC(C)(C)C)C1CCCCC1)C2(C)C. The highest BCUT2D eigenvalue weighted by Gasteiger charge is 2.69. The van der Waals surface area contributed by atoms with Gasteiger partial charge < -0.3 is 25.6 Å². The highest BCUT2D eigenvalue weighted by molar-refractivity contribution is 6.38. The van der Waals surface area contributed by atoms with Crippen LogP contribution in [0, 0.1) is 29.1 Å². The van der Waals surface area contributed by atoms with Crippen LogP contribution in [0.5, 0.6) is 0 Å². The lowest BCUT2D eigenvalue weighted by Crippen LogP contribution is -2.59. The molecule has 4 fully saturated rings. The summed E-state index contributed by atoms with van der Waals surface area (Å²) in [5.41, 5.74) is -0.825. The van der Waals surface area contributed by atoms with Crippen LogP contribution in [0.15, 0.2) is 0 Å². The van der Waals surface area contributed by atoms with E-state index in [4.69, 9.17) is 4.74 Å². The summed E-state index contributed by atoms with van der Waals surface area (Å²) in [6.07, 6.45) is 6.42. The Labute approximate surface area is 231 Å². The molecule has 3 aliphatic carbocycles. The highest BCUT2D eigenvalue weighted by atomic mass is 16.6. The average Bonchev–Trinajstić information content (AvgIpc) is 3.72. The second-order valence-corrected chi connectivity index (χ2v) is 13.6. The van der Waals surface area contributed by atoms with Gasteiger partial charge in [-0.1, -0.05) is 46.0 Å². The van der Waals surface area contributed by atoms with Crippen molar-refractivity contribution >= 4 is 29.6 Å². The molecule has 218 valence electrons. The summed E-state index contributed by atoms with van der Waals surface area (Å²) in [5.74, 6) is -1.69. The molecule has 1 saturated heterocycles. The Kier molecular flexibility index (Phi) is 8.34. The van der Waals surface area contributed by atoms with Crippen LogP contribution >= 0.6 is 0 Å². The monoisotopic (exact) mass is 546 g/mol. The van der Waals surface area contributed by atoms with Crippen LogP contribution in [0.3, 0.4) is 0 Å². The Morgan fingerprint density at radius 3 is 2.18 bits per heavy atom. The largest absolute Gasteiger partial charge is 0.444 e. The third-order valence-electron chi connectivity index (χ3n) is 9.17. The molecule has 0 aromatic carbocycles. The van der Waals surface area contributed by atoms with Gasteiger partial charge in [-0.3, -0.25) is 19.2 Å². The third-order valence-corrected chi connectivity index (χ3v) is 9.17. The van der Waals surface area contributed by atoms with Crippen molar-refractivity contribution in [2.75, 3.05) is 13.6 Å². The van der Waals surface area contributed by atoms with Crippen molar-refractivity contribution in [2.24, 2.45) is 29.1 Å². The van der Waals surface area contributed by atoms with E-state index in [0.717, 1.165) is 44.9 Å². The lowest BCUT2D eigenvalue weighted by atomic mass is 9.83. The molecule has 0 radical (unpaired) electrons. The number of likely N-dealkylation sites (N-methyl/N-ethyl adjacent to an activating group) is 1. The topological polar surface area (TPSA) is 134 Å². The molecule has 0 spiro atoms. The van der Waals surface area contributed by atoms with Crippen molar-refractivity contribution in [3.05, 3.63) is 0 Å². The van der Waals surface area contributed by atoms with Gasteiger partial charge in [-0.25, -0.2) is 4.79 Å². The molecule has 1 unspecified atom stereocenters. The molecule has 5 atom stereocenters. The summed E-state index contributed by atoms with van der Waals surface area (Å²) in [6.45, 7) is 9.94. The van der Waals surface area contributed by atoms with Gasteiger partial charge >= 0.3 is 6.09 Å². The first-order valence-electron chi connectivity index (χ1n) is 14.6. The van der Waals surface area contributed by atoms with E-state index in [0.29, 0.717) is 18.9 Å². The predicted octanol–water partition coefficient (Wildman–Crippen LogP) is 2.54. The minimum Gasteiger partial charge on any atom is -0.444 e. The normalized spacial score (nSPS) is 27.5. The van der Waals surface area contributed by atoms with Gasteiger partial charge in [0.25, 0.3) is 5.91 Å². The number of carbonyl (C=O) groups excluding carboxylic acids is 5. The number of carbonyl (C=O) groups is 5. The maximum Gasteiger partial charge on any atom is 0.408 e. The van der Waals surface area contributed by atoms with Crippen LogP contribution < -0.4 is 16.0 Å². The average molecular weight is 547 g/mol. The molecule has 0 bridgehead atoms. The van der Waals surface area contributed by atoms with E-state index < -0.39 is 47.4 Å². The number of Topliss-reactive ketones (excluding diaryl/α,β-unsaturated/α-hetero) is 1. The summed E-state index contributed by atoms with van der Waals surface area (Å²) in [6, 6.07) is -2.47. The first-order chi connectivity index (χ1) is 18.2. The van der Waals surface area contributed by atoms with Gasteiger partial charge in [0.05, 0.1) is 6.04 Å². The molecule has 4 amide bonds. The van der Waals surface area contributed by atoms with E-state index in [1.807, 2.05) is 0 Å². The van der Waals surface area contributed by atoms with Crippen LogP contribution in [0.1, 0.15) is 86.0 Å². The summed E-state index contributed by atoms with van der Waals surface area (Å²) in [7, 11) is 1.40. The molecule has 39 heavy (non-hydrogen) atoms. The molecule has 1 heterocycles. The van der Waals surface area contributed by atoms with Crippen LogP contribution in [0.4, 0.5) is 4.79 Å². The molecule has 3 saturated carbocycles. The van der Waals surface area contributed by atoms with Gasteiger partial charge in [0.15, 0.2) is 0 Å². The Morgan fingerprint density at radius 2 is 1.62 bits per heavy atom. The van der Waals surface area contributed by atoms with Gasteiger partial charge in [-0.05, 0) is 69.1 Å². The minimum atomic E-state index is -0.920. The Morgan fingerprint density at radius 1 is 0.974 bits per heavy atom. The standard InChI is InChI=1S/C29H46N4O6/c1-28(2,3)39-27(38)32-21(17-10-8-7-9-11-17)26(37)33-15-18-20(29(18,4)5)22(33)24(35)31-19(14-16-12-13-16)23(34)25(36)30-6/h16-22H,7-15H2,1-6H3,(H,30,36)(H,31,35)(H,32,38)/t18-,19?,20-,21-,22-/m0/s1. The van der Waals surface area contributed by atoms with E-state index >= 15 is 0 Å². The number of fused-ring (bicyclic) bond motifs is 1. The Bertz CT molecular complexity index is 994. The number of amides is 4. The van der Waals surface area contributed by atoms with Crippen LogP contribution in [-0.2, 0) is 23.9 Å². The van der Waals surface area contributed by atoms with Crippen molar-refractivity contribution in [3.8, 4) is 0 Å². The van der Waals surface area contributed by atoms with E-state index in [1.54, 1.807) is 25.7 Å². The van der Waals surface area contributed by atoms with Crippen molar-refractivity contribution in [3.63, 3.8) is 0 Å². The number of alkyl carbamates (subject to hydrolysis) is 1. The maximum absolute atomic E-state index is 14.1. The molecule has 1 aliphatic heterocycles. The van der Waals surface area contributed by atoms with Crippen molar-refractivity contribution in [1.29, 1.82) is 0 Å².